The number of hydrogen-bond donors (Lipinski definition) is 1. The minimum Gasteiger partial charge on any atom is -0.367 e. The minimum atomic E-state index is 0.482. The van der Waals surface area contributed by atoms with Crippen LogP contribution in [0.5, 0.6) is 0 Å². The highest BCUT2D eigenvalue weighted by Gasteiger charge is 2.22. The number of pyridine rings is 1. The Morgan fingerprint density at radius 2 is 1.74 bits per heavy atom. The van der Waals surface area contributed by atoms with Gasteiger partial charge >= 0.3 is 0 Å². The van der Waals surface area contributed by atoms with Crippen molar-refractivity contribution in [3.8, 4) is 11.3 Å². The molecule has 1 N–H and O–H groups in total. The highest BCUT2D eigenvalue weighted by atomic mass is 35.5. The van der Waals surface area contributed by atoms with Crippen LogP contribution in [0.25, 0.3) is 16.9 Å². The van der Waals surface area contributed by atoms with Crippen LogP contribution in [0.1, 0.15) is 25.7 Å². The summed E-state index contributed by atoms with van der Waals surface area (Å²) in [5, 5.41) is 4.91. The number of nitrogens with one attached hydrogen (secondary N) is 1. The molecule has 23 heavy (non-hydrogen) atoms. The summed E-state index contributed by atoms with van der Waals surface area (Å²) >= 11 is 12.8. The molecule has 118 valence electrons. The molecule has 1 aliphatic rings. The fraction of sp³-hybridized carbons (Fsp3) is 0.278. The van der Waals surface area contributed by atoms with E-state index in [2.05, 4.69) is 9.72 Å². The van der Waals surface area contributed by atoms with Crippen molar-refractivity contribution in [2.75, 3.05) is 5.32 Å². The maximum absolute atomic E-state index is 6.42. The Morgan fingerprint density at radius 3 is 2.48 bits per heavy atom. The van der Waals surface area contributed by atoms with Crippen LogP contribution in [0, 0.1) is 0 Å². The lowest BCUT2D eigenvalue weighted by molar-refractivity contribution is 0.749. The van der Waals surface area contributed by atoms with Crippen LogP contribution in [0.3, 0.4) is 0 Å². The first-order chi connectivity index (χ1) is 11.2. The molecule has 1 aliphatic carbocycles. The predicted octanol–water partition coefficient (Wildman–Crippen LogP) is 5.66. The first kappa shape index (κ1) is 14.9. The summed E-state index contributed by atoms with van der Waals surface area (Å²) in [6.45, 7) is 0. The number of halogens is 2. The minimum absolute atomic E-state index is 0.482. The standard InChI is InChI=1S/C18H17Cl2N3/c19-13-8-5-9-14(20)16(13)17-18(21-12-6-1-2-7-12)23-11-4-3-10-15(23)22-17/h3-5,8-12,21H,1-2,6-7H2. The fourth-order valence-corrected chi connectivity index (χ4v) is 3.87. The third kappa shape index (κ3) is 2.68. The Balaban J connectivity index is 1.91. The smallest absolute Gasteiger partial charge is 0.139 e. The molecule has 1 fully saturated rings. The van der Waals surface area contributed by atoms with Crippen LogP contribution in [0.4, 0.5) is 5.82 Å². The van der Waals surface area contributed by atoms with Gasteiger partial charge in [0, 0.05) is 17.8 Å². The molecule has 0 saturated heterocycles. The summed E-state index contributed by atoms with van der Waals surface area (Å²) in [6, 6.07) is 12.0. The van der Waals surface area contributed by atoms with Crippen LogP contribution in [0.2, 0.25) is 10.0 Å². The summed E-state index contributed by atoms with van der Waals surface area (Å²) in [4.78, 5) is 4.78. The zero-order chi connectivity index (χ0) is 15.8. The van der Waals surface area contributed by atoms with Gasteiger partial charge in [0.2, 0.25) is 0 Å². The average Bonchev–Trinajstić information content (AvgIpc) is 3.17. The number of anilines is 1. The number of nitrogens with zero attached hydrogens (tertiary/aromatic N) is 2. The monoisotopic (exact) mass is 345 g/mol. The van der Waals surface area contributed by atoms with E-state index in [0.717, 1.165) is 22.7 Å². The number of hydrogen-bond acceptors (Lipinski definition) is 2. The first-order valence-corrected chi connectivity index (χ1v) is 8.67. The zero-order valence-electron chi connectivity index (χ0n) is 12.6. The number of benzene rings is 1. The van der Waals surface area contributed by atoms with Gasteiger partial charge in [-0.25, -0.2) is 4.98 Å². The molecule has 1 aromatic carbocycles. The first-order valence-electron chi connectivity index (χ1n) is 7.92. The molecule has 0 spiro atoms. The van der Waals surface area contributed by atoms with E-state index in [0.29, 0.717) is 16.1 Å². The third-order valence-electron chi connectivity index (χ3n) is 4.43. The molecule has 2 heterocycles. The van der Waals surface area contributed by atoms with Gasteiger partial charge < -0.3 is 5.32 Å². The zero-order valence-corrected chi connectivity index (χ0v) is 14.1. The molecule has 0 bridgehead atoms. The van der Waals surface area contributed by atoms with Crippen molar-refractivity contribution in [2.24, 2.45) is 0 Å². The molecule has 0 unspecified atom stereocenters. The molecule has 0 atom stereocenters. The van der Waals surface area contributed by atoms with E-state index in [4.69, 9.17) is 28.2 Å². The number of imidazole rings is 1. The van der Waals surface area contributed by atoms with E-state index < -0.39 is 0 Å². The maximum atomic E-state index is 6.42. The number of fused-ring (bicyclic) bond motifs is 1. The Labute approximate surface area is 145 Å². The van der Waals surface area contributed by atoms with Crippen molar-refractivity contribution in [3.05, 3.63) is 52.6 Å². The highest BCUT2D eigenvalue weighted by Crippen LogP contribution is 2.39. The van der Waals surface area contributed by atoms with Crippen LogP contribution in [-0.2, 0) is 0 Å². The van der Waals surface area contributed by atoms with Crippen molar-refractivity contribution in [1.29, 1.82) is 0 Å². The SMILES string of the molecule is Clc1cccc(Cl)c1-c1nc2ccccn2c1NC1CCCC1. The van der Waals surface area contributed by atoms with Crippen molar-refractivity contribution in [3.63, 3.8) is 0 Å². The van der Waals surface area contributed by atoms with Gasteiger partial charge in [-0.3, -0.25) is 4.40 Å². The van der Waals surface area contributed by atoms with Gasteiger partial charge in [0.25, 0.3) is 0 Å². The topological polar surface area (TPSA) is 29.3 Å². The quantitative estimate of drug-likeness (QED) is 0.663. The summed E-state index contributed by atoms with van der Waals surface area (Å²) in [5.74, 6) is 0.975. The summed E-state index contributed by atoms with van der Waals surface area (Å²) in [5.41, 5.74) is 2.50. The van der Waals surface area contributed by atoms with Crippen molar-refractivity contribution < 1.29 is 0 Å². The van der Waals surface area contributed by atoms with E-state index >= 15 is 0 Å². The van der Waals surface area contributed by atoms with E-state index in [9.17, 15) is 0 Å². The molecule has 4 rings (SSSR count). The molecule has 2 aromatic heterocycles. The van der Waals surface area contributed by atoms with Gasteiger partial charge in [-0.1, -0.05) is 48.2 Å². The van der Waals surface area contributed by atoms with Crippen LogP contribution in [0.15, 0.2) is 42.6 Å². The lowest BCUT2D eigenvalue weighted by atomic mass is 10.1. The van der Waals surface area contributed by atoms with Gasteiger partial charge in [-0.15, -0.1) is 0 Å². The number of aromatic nitrogens is 2. The van der Waals surface area contributed by atoms with E-state index in [1.165, 1.54) is 25.7 Å². The van der Waals surface area contributed by atoms with Gasteiger partial charge in [0.15, 0.2) is 0 Å². The average molecular weight is 346 g/mol. The van der Waals surface area contributed by atoms with E-state index in [1.807, 2.05) is 42.6 Å². The van der Waals surface area contributed by atoms with Crippen LogP contribution < -0.4 is 5.32 Å². The Hall–Kier alpha value is -1.71. The molecule has 1 saturated carbocycles. The van der Waals surface area contributed by atoms with Crippen molar-refractivity contribution >= 4 is 34.7 Å². The normalized spacial score (nSPS) is 15.4. The Morgan fingerprint density at radius 1 is 1.00 bits per heavy atom. The molecule has 0 radical (unpaired) electrons. The lowest BCUT2D eigenvalue weighted by Gasteiger charge is -2.15. The Kier molecular flexibility index (Phi) is 3.92. The van der Waals surface area contributed by atoms with Gasteiger partial charge in [0.1, 0.15) is 17.2 Å². The van der Waals surface area contributed by atoms with Crippen LogP contribution >= 0.6 is 23.2 Å². The Bertz CT molecular complexity index is 830. The molecule has 3 nitrogen and oxygen atoms in total. The second kappa shape index (κ2) is 6.06. The molecular weight excluding hydrogens is 329 g/mol. The maximum Gasteiger partial charge on any atom is 0.139 e. The summed E-state index contributed by atoms with van der Waals surface area (Å²) < 4.78 is 2.08. The largest absolute Gasteiger partial charge is 0.367 e. The van der Waals surface area contributed by atoms with Crippen molar-refractivity contribution in [1.82, 2.24) is 9.38 Å². The summed E-state index contributed by atoms with van der Waals surface area (Å²) in [7, 11) is 0. The van der Waals surface area contributed by atoms with Crippen LogP contribution in [-0.4, -0.2) is 15.4 Å². The second-order valence-corrected chi connectivity index (χ2v) is 6.77. The van der Waals surface area contributed by atoms with Crippen molar-refractivity contribution in [2.45, 2.75) is 31.7 Å². The summed E-state index contributed by atoms with van der Waals surface area (Å²) in [6.07, 6.45) is 6.95. The lowest BCUT2D eigenvalue weighted by Crippen LogP contribution is -2.16. The van der Waals surface area contributed by atoms with E-state index in [1.54, 1.807) is 0 Å². The highest BCUT2D eigenvalue weighted by molar-refractivity contribution is 6.39. The molecule has 5 heteroatoms. The number of rotatable bonds is 3. The van der Waals surface area contributed by atoms with Gasteiger partial charge in [0.05, 0.1) is 10.0 Å². The third-order valence-corrected chi connectivity index (χ3v) is 5.06. The second-order valence-electron chi connectivity index (χ2n) is 5.96. The molecule has 3 aromatic rings. The molecule has 0 aliphatic heterocycles. The molecule has 0 amide bonds. The van der Waals surface area contributed by atoms with E-state index in [-0.39, 0.29) is 0 Å². The fourth-order valence-electron chi connectivity index (χ4n) is 3.30. The molecular formula is C18H17Cl2N3. The van der Waals surface area contributed by atoms with Gasteiger partial charge in [-0.05, 0) is 37.1 Å². The predicted molar refractivity (Wildman–Crippen MR) is 96.5 cm³/mol. The van der Waals surface area contributed by atoms with Gasteiger partial charge in [-0.2, -0.15) is 0 Å².